The first-order valence-electron chi connectivity index (χ1n) is 7.55. The molecule has 12 heteroatoms. The van der Waals surface area contributed by atoms with Crippen molar-refractivity contribution in [1.82, 2.24) is 20.0 Å². The van der Waals surface area contributed by atoms with Gasteiger partial charge in [0.25, 0.3) is 0 Å². The van der Waals surface area contributed by atoms with Gasteiger partial charge in [-0.15, -0.1) is 0 Å². The summed E-state index contributed by atoms with van der Waals surface area (Å²) in [6.45, 7) is 0. The largest absolute Gasteiger partial charge is 0.435 e. The number of aromatic amines is 1. The molecule has 1 aromatic carbocycles. The first kappa shape index (κ1) is 19.7. The van der Waals surface area contributed by atoms with E-state index in [0.717, 1.165) is 10.9 Å². The van der Waals surface area contributed by atoms with Crippen LogP contribution in [0.5, 0.6) is 0 Å². The minimum absolute atomic E-state index is 0.00444. The van der Waals surface area contributed by atoms with Crippen molar-refractivity contribution >= 4 is 46.7 Å². The van der Waals surface area contributed by atoms with E-state index in [-0.39, 0.29) is 22.4 Å². The molecule has 3 rings (SSSR count). The number of nitrogens with zero attached hydrogens (tertiary/aromatic N) is 5. The quantitative estimate of drug-likeness (QED) is 0.582. The normalized spacial score (nSPS) is 11.8. The number of aryl methyl sites for hydroxylation is 1. The summed E-state index contributed by atoms with van der Waals surface area (Å²) in [6, 6.07) is 8.60. The molecule has 2 aromatic heterocycles. The van der Waals surface area contributed by atoms with Gasteiger partial charge in [-0.2, -0.15) is 28.6 Å². The number of benzene rings is 1. The molecule has 0 aliphatic carbocycles. The van der Waals surface area contributed by atoms with E-state index in [2.05, 4.69) is 25.6 Å². The molecule has 0 atom stereocenters. The molecule has 7 nitrogen and oxygen atoms in total. The minimum Gasteiger partial charge on any atom is -0.338 e. The van der Waals surface area contributed by atoms with Crippen LogP contribution in [-0.4, -0.2) is 26.2 Å². The SMILES string of the molecule is Cn1nc(C(F)(F)F)c(/C=N/c2[nH]nc(Nc3cccc(Cl)c3)c2C#N)c1Cl. The Bertz CT molecular complexity index is 1090. The molecule has 3 aromatic rings. The summed E-state index contributed by atoms with van der Waals surface area (Å²) in [6.07, 6.45) is -3.83. The van der Waals surface area contributed by atoms with Crippen molar-refractivity contribution in [2.24, 2.45) is 12.0 Å². The molecular formula is C16H10Cl2F3N7. The second-order valence-corrected chi connectivity index (χ2v) is 6.27. The lowest BCUT2D eigenvalue weighted by Crippen LogP contribution is -2.09. The molecule has 0 aliphatic heterocycles. The fraction of sp³-hybridized carbons (Fsp3) is 0.125. The highest BCUT2D eigenvalue weighted by atomic mass is 35.5. The van der Waals surface area contributed by atoms with Crippen LogP contribution in [0.15, 0.2) is 29.3 Å². The Morgan fingerprint density at radius 1 is 1.36 bits per heavy atom. The minimum atomic E-state index is -4.71. The van der Waals surface area contributed by atoms with Crippen molar-refractivity contribution in [3.63, 3.8) is 0 Å². The lowest BCUT2D eigenvalue weighted by atomic mass is 10.2. The van der Waals surface area contributed by atoms with Gasteiger partial charge in [0.1, 0.15) is 16.8 Å². The molecule has 0 aliphatic rings. The van der Waals surface area contributed by atoms with Gasteiger partial charge in [0.15, 0.2) is 17.3 Å². The summed E-state index contributed by atoms with van der Waals surface area (Å²) in [4.78, 5) is 3.91. The van der Waals surface area contributed by atoms with Crippen LogP contribution in [0, 0.1) is 11.3 Å². The zero-order valence-corrected chi connectivity index (χ0v) is 15.5. The first-order chi connectivity index (χ1) is 13.2. The van der Waals surface area contributed by atoms with Gasteiger partial charge < -0.3 is 5.32 Å². The molecule has 0 amide bonds. The number of H-pyrrole nitrogens is 1. The zero-order chi connectivity index (χ0) is 20.5. The van der Waals surface area contributed by atoms with E-state index in [4.69, 9.17) is 23.2 Å². The van der Waals surface area contributed by atoms with E-state index in [1.165, 1.54) is 7.05 Å². The number of anilines is 2. The molecule has 28 heavy (non-hydrogen) atoms. The highest BCUT2D eigenvalue weighted by Gasteiger charge is 2.38. The summed E-state index contributed by atoms with van der Waals surface area (Å²) in [5.74, 6) is 0.102. The van der Waals surface area contributed by atoms with E-state index < -0.39 is 17.4 Å². The Balaban J connectivity index is 1.95. The number of aliphatic imine (C=N–C) groups is 1. The Hall–Kier alpha value is -3.03. The van der Waals surface area contributed by atoms with Crippen LogP contribution < -0.4 is 5.32 Å². The molecule has 2 heterocycles. The molecule has 2 N–H and O–H groups in total. The Morgan fingerprint density at radius 3 is 2.75 bits per heavy atom. The predicted octanol–water partition coefficient (Wildman–Crippen LogP) is 4.83. The highest BCUT2D eigenvalue weighted by molar-refractivity contribution is 6.32. The van der Waals surface area contributed by atoms with Crippen LogP contribution in [0.4, 0.5) is 30.5 Å². The van der Waals surface area contributed by atoms with Crippen LogP contribution in [0.1, 0.15) is 16.8 Å². The highest BCUT2D eigenvalue weighted by Crippen LogP contribution is 2.34. The van der Waals surface area contributed by atoms with Gasteiger partial charge in [-0.25, -0.2) is 4.99 Å². The van der Waals surface area contributed by atoms with Crippen molar-refractivity contribution in [3.8, 4) is 6.07 Å². The Morgan fingerprint density at radius 2 is 2.11 bits per heavy atom. The second kappa shape index (κ2) is 7.53. The molecule has 0 saturated carbocycles. The third kappa shape index (κ3) is 3.95. The molecule has 0 radical (unpaired) electrons. The van der Waals surface area contributed by atoms with Crippen LogP contribution in [0.3, 0.4) is 0 Å². The van der Waals surface area contributed by atoms with Crippen LogP contribution in [-0.2, 0) is 13.2 Å². The number of rotatable bonds is 4. The van der Waals surface area contributed by atoms with Gasteiger partial charge in [0.2, 0.25) is 0 Å². The lowest BCUT2D eigenvalue weighted by molar-refractivity contribution is -0.141. The number of alkyl halides is 3. The molecule has 0 saturated heterocycles. The summed E-state index contributed by atoms with van der Waals surface area (Å²) in [7, 11) is 1.28. The number of halogens is 5. The fourth-order valence-corrected chi connectivity index (χ4v) is 2.66. The molecule has 144 valence electrons. The fourth-order valence-electron chi connectivity index (χ4n) is 2.30. The van der Waals surface area contributed by atoms with Crippen molar-refractivity contribution in [2.75, 3.05) is 5.32 Å². The average Bonchev–Trinajstić information content (AvgIpc) is 3.14. The molecule has 0 unspecified atom stereocenters. The number of hydrogen-bond donors (Lipinski definition) is 2. The summed E-state index contributed by atoms with van der Waals surface area (Å²) in [5, 5.41) is 22.3. The number of hydrogen-bond acceptors (Lipinski definition) is 5. The van der Waals surface area contributed by atoms with E-state index >= 15 is 0 Å². The number of aromatic nitrogens is 4. The maximum absolute atomic E-state index is 13.1. The van der Waals surface area contributed by atoms with Crippen LogP contribution in [0.25, 0.3) is 0 Å². The maximum atomic E-state index is 13.1. The summed E-state index contributed by atoms with van der Waals surface area (Å²) < 4.78 is 40.2. The van der Waals surface area contributed by atoms with Crippen molar-refractivity contribution in [1.29, 1.82) is 5.26 Å². The van der Waals surface area contributed by atoms with E-state index in [9.17, 15) is 18.4 Å². The van der Waals surface area contributed by atoms with Gasteiger partial charge >= 0.3 is 6.18 Å². The van der Waals surface area contributed by atoms with E-state index in [1.54, 1.807) is 24.3 Å². The third-order valence-corrected chi connectivity index (χ3v) is 4.23. The smallest absolute Gasteiger partial charge is 0.338 e. The molecular weight excluding hydrogens is 418 g/mol. The van der Waals surface area contributed by atoms with Gasteiger partial charge in [-0.1, -0.05) is 29.3 Å². The summed E-state index contributed by atoms with van der Waals surface area (Å²) in [5.41, 5.74) is -1.02. The topological polar surface area (TPSA) is 94.7 Å². The maximum Gasteiger partial charge on any atom is 0.435 e. The molecule has 0 spiro atoms. The monoisotopic (exact) mass is 427 g/mol. The second-order valence-electron chi connectivity index (χ2n) is 5.48. The Labute approximate surface area is 166 Å². The summed E-state index contributed by atoms with van der Waals surface area (Å²) >= 11 is 11.8. The lowest BCUT2D eigenvalue weighted by Gasteiger charge is -2.03. The zero-order valence-electron chi connectivity index (χ0n) is 14.0. The van der Waals surface area contributed by atoms with Gasteiger partial charge in [0.05, 0.1) is 5.56 Å². The molecule has 0 bridgehead atoms. The van der Waals surface area contributed by atoms with Gasteiger partial charge in [-0.3, -0.25) is 9.78 Å². The average molecular weight is 428 g/mol. The predicted molar refractivity (Wildman–Crippen MR) is 98.5 cm³/mol. The molecule has 0 fully saturated rings. The number of nitrogens with one attached hydrogen (secondary N) is 2. The van der Waals surface area contributed by atoms with Crippen molar-refractivity contribution in [2.45, 2.75) is 6.18 Å². The third-order valence-electron chi connectivity index (χ3n) is 3.55. The first-order valence-corrected chi connectivity index (χ1v) is 8.31. The van der Waals surface area contributed by atoms with Crippen LogP contribution in [0.2, 0.25) is 10.2 Å². The standard InChI is InChI=1S/C16H10Cl2F3N7/c1-28-13(18)11(12(27-28)16(19,20)21)7-23-14-10(6-22)15(26-25-14)24-9-4-2-3-8(17)5-9/h2-5,7H,1H3,(H2,24,25,26)/b23-7+. The van der Waals surface area contributed by atoms with Gasteiger partial charge in [0, 0.05) is 24.0 Å². The van der Waals surface area contributed by atoms with Crippen LogP contribution >= 0.6 is 23.2 Å². The van der Waals surface area contributed by atoms with E-state index in [1.807, 2.05) is 6.07 Å². The Kier molecular flexibility index (Phi) is 5.31. The van der Waals surface area contributed by atoms with Gasteiger partial charge in [-0.05, 0) is 18.2 Å². The number of nitriles is 1. The van der Waals surface area contributed by atoms with E-state index in [0.29, 0.717) is 10.7 Å². The van der Waals surface area contributed by atoms with Crippen molar-refractivity contribution < 1.29 is 13.2 Å². The van der Waals surface area contributed by atoms with Crippen molar-refractivity contribution in [3.05, 3.63) is 51.3 Å².